The van der Waals surface area contributed by atoms with Gasteiger partial charge in [0.2, 0.25) is 10.0 Å². The summed E-state index contributed by atoms with van der Waals surface area (Å²) in [5.41, 5.74) is 1.60. The fourth-order valence-electron chi connectivity index (χ4n) is 3.42. The second kappa shape index (κ2) is 8.61. The van der Waals surface area contributed by atoms with Crippen LogP contribution < -0.4 is 9.64 Å². The molecule has 0 unspecified atom stereocenters. The van der Waals surface area contributed by atoms with Gasteiger partial charge in [-0.25, -0.2) is 8.42 Å². The van der Waals surface area contributed by atoms with Crippen LogP contribution in [0, 0.1) is 0 Å². The number of nitrogens with one attached hydrogen (secondary N) is 1. The Labute approximate surface area is 170 Å². The molecule has 0 amide bonds. The van der Waals surface area contributed by atoms with Crippen molar-refractivity contribution in [1.29, 1.82) is 0 Å². The minimum atomic E-state index is -3.60. The first kappa shape index (κ1) is 20.8. The molecule has 1 aliphatic heterocycles. The van der Waals surface area contributed by atoms with Gasteiger partial charge in [-0.2, -0.15) is 4.31 Å². The lowest BCUT2D eigenvalue weighted by atomic mass is 10.1. The topological polar surface area (TPSA) is 68.1 Å². The molecule has 2 aromatic rings. The normalized spacial score (nSPS) is 16.1. The van der Waals surface area contributed by atoms with E-state index in [0.717, 1.165) is 11.3 Å². The molecule has 1 heterocycles. The van der Waals surface area contributed by atoms with Crippen LogP contribution in [0.5, 0.6) is 5.75 Å². The van der Waals surface area contributed by atoms with E-state index in [1.807, 2.05) is 12.1 Å². The van der Waals surface area contributed by atoms with Crippen LogP contribution in [0.25, 0.3) is 0 Å². The van der Waals surface area contributed by atoms with E-state index in [9.17, 15) is 13.2 Å². The predicted octanol–water partition coefficient (Wildman–Crippen LogP) is 1.64. The van der Waals surface area contributed by atoms with Crippen LogP contribution in [0.15, 0.2) is 47.4 Å². The number of piperazine rings is 1. The first-order chi connectivity index (χ1) is 13.3. The zero-order valence-corrected chi connectivity index (χ0v) is 17.5. The van der Waals surface area contributed by atoms with Crippen molar-refractivity contribution in [3.05, 3.63) is 58.6 Å². The van der Waals surface area contributed by atoms with Crippen molar-refractivity contribution in [2.45, 2.75) is 18.4 Å². The summed E-state index contributed by atoms with van der Waals surface area (Å²) in [7, 11) is -1.99. The Morgan fingerprint density at radius 3 is 2.46 bits per heavy atom. The second-order valence-corrected chi connectivity index (χ2v) is 9.16. The molecule has 0 saturated carbocycles. The Morgan fingerprint density at radius 1 is 1.18 bits per heavy atom. The Kier molecular flexibility index (Phi) is 6.40. The van der Waals surface area contributed by atoms with Gasteiger partial charge in [0.15, 0.2) is 5.78 Å². The van der Waals surface area contributed by atoms with Gasteiger partial charge in [0.05, 0.1) is 38.3 Å². The maximum Gasteiger partial charge on any atom is 0.244 e. The zero-order valence-electron chi connectivity index (χ0n) is 15.9. The van der Waals surface area contributed by atoms with Gasteiger partial charge >= 0.3 is 0 Å². The van der Waals surface area contributed by atoms with Crippen LogP contribution in [0.3, 0.4) is 0 Å². The van der Waals surface area contributed by atoms with Crippen molar-refractivity contribution in [2.75, 3.05) is 33.3 Å². The summed E-state index contributed by atoms with van der Waals surface area (Å²) in [4.78, 5) is 13.1. The third-order valence-corrected chi connectivity index (χ3v) is 7.41. The number of ether oxygens (including phenoxy) is 1. The van der Waals surface area contributed by atoms with Gasteiger partial charge in [-0.15, -0.1) is 0 Å². The lowest BCUT2D eigenvalue weighted by Crippen LogP contribution is -3.13. The van der Waals surface area contributed by atoms with E-state index in [2.05, 4.69) is 0 Å². The van der Waals surface area contributed by atoms with E-state index in [1.165, 1.54) is 22.2 Å². The molecule has 0 spiro atoms. The number of carbonyl (C=O) groups is 1. The van der Waals surface area contributed by atoms with E-state index >= 15 is 0 Å². The molecule has 150 valence electrons. The van der Waals surface area contributed by atoms with E-state index in [0.29, 0.717) is 38.3 Å². The van der Waals surface area contributed by atoms with Crippen LogP contribution in [-0.4, -0.2) is 51.8 Å². The number of nitrogens with zero attached hydrogens (tertiary/aromatic N) is 1. The number of Topliss-reactive ketones (excluding diaryl/α,β-unsaturated/α-hetero) is 1. The highest BCUT2D eigenvalue weighted by atomic mass is 35.5. The number of ketones is 1. The molecule has 1 fully saturated rings. The fourth-order valence-corrected chi connectivity index (χ4v) is 5.35. The van der Waals surface area contributed by atoms with Crippen molar-refractivity contribution in [2.24, 2.45) is 0 Å². The lowest BCUT2D eigenvalue weighted by molar-refractivity contribution is -0.917. The average Bonchev–Trinajstić information content (AvgIpc) is 2.68. The van der Waals surface area contributed by atoms with Gasteiger partial charge in [0.25, 0.3) is 0 Å². The zero-order chi connectivity index (χ0) is 20.3. The number of hydrogen-bond donors (Lipinski definition) is 1. The Hall–Kier alpha value is -1.93. The summed E-state index contributed by atoms with van der Waals surface area (Å²) in [6.45, 7) is 4.37. The molecule has 28 heavy (non-hydrogen) atoms. The number of rotatable bonds is 6. The van der Waals surface area contributed by atoms with Crippen molar-refractivity contribution in [3.63, 3.8) is 0 Å². The van der Waals surface area contributed by atoms with Gasteiger partial charge in [-0.3, -0.25) is 4.79 Å². The molecule has 0 radical (unpaired) electrons. The van der Waals surface area contributed by atoms with Crippen molar-refractivity contribution in [3.8, 4) is 5.75 Å². The minimum Gasteiger partial charge on any atom is -0.496 e. The minimum absolute atomic E-state index is 0.00885. The molecule has 6 nitrogen and oxygen atoms in total. The molecule has 0 bridgehead atoms. The number of halogens is 1. The quantitative estimate of drug-likeness (QED) is 0.717. The number of quaternary nitrogens is 1. The van der Waals surface area contributed by atoms with E-state index in [4.69, 9.17) is 16.3 Å². The molecule has 0 aromatic heterocycles. The predicted molar refractivity (Wildman–Crippen MR) is 108 cm³/mol. The largest absolute Gasteiger partial charge is 0.496 e. The molecule has 1 saturated heterocycles. The molecule has 1 aliphatic rings. The molecular weight excluding hydrogens is 400 g/mol. The van der Waals surface area contributed by atoms with Crippen LogP contribution in [-0.2, 0) is 16.6 Å². The summed E-state index contributed by atoms with van der Waals surface area (Å²) >= 11 is 6.09. The van der Waals surface area contributed by atoms with Crippen LogP contribution in [0.1, 0.15) is 22.8 Å². The van der Waals surface area contributed by atoms with Crippen LogP contribution >= 0.6 is 11.6 Å². The molecule has 1 N–H and O–H groups in total. The van der Waals surface area contributed by atoms with Crippen LogP contribution in [0.4, 0.5) is 0 Å². The summed E-state index contributed by atoms with van der Waals surface area (Å²) in [6, 6.07) is 11.9. The molecule has 0 atom stereocenters. The van der Waals surface area contributed by atoms with Gasteiger partial charge in [-0.05, 0) is 37.3 Å². The molecule has 8 heteroatoms. The standard InChI is InChI=1S/C20H23ClN2O4S/c1-15(24)16-7-8-19(27-2)17(13-16)14-22-9-11-23(12-10-22)28(25,26)20-6-4-3-5-18(20)21/h3-8,13H,9-12,14H2,1-2H3/p+1. The SMILES string of the molecule is COc1ccc(C(C)=O)cc1C[NH+]1CCN(S(=O)(=O)c2ccccc2Cl)CC1. The summed E-state index contributed by atoms with van der Waals surface area (Å²) < 4.78 is 32.6. The van der Waals surface area contributed by atoms with Crippen molar-refractivity contribution < 1.29 is 22.8 Å². The van der Waals surface area contributed by atoms with Crippen molar-refractivity contribution >= 4 is 27.4 Å². The molecular formula is C20H24ClN2O4S+. The number of sulfonamides is 1. The third-order valence-electron chi connectivity index (χ3n) is 5.01. The Bertz CT molecular complexity index is 970. The van der Waals surface area contributed by atoms with Crippen molar-refractivity contribution in [1.82, 2.24) is 4.31 Å². The number of carbonyl (C=O) groups excluding carboxylic acids is 1. The number of methoxy groups -OCH3 is 1. The maximum absolute atomic E-state index is 12.9. The number of benzene rings is 2. The Balaban J connectivity index is 1.70. The van der Waals surface area contributed by atoms with Gasteiger partial charge in [0, 0.05) is 11.1 Å². The smallest absolute Gasteiger partial charge is 0.244 e. The summed E-state index contributed by atoms with van der Waals surface area (Å²) in [5.74, 6) is 0.748. The van der Waals surface area contributed by atoms with Gasteiger partial charge in [0.1, 0.15) is 17.2 Å². The van der Waals surface area contributed by atoms with E-state index in [1.54, 1.807) is 31.4 Å². The van der Waals surface area contributed by atoms with E-state index < -0.39 is 10.0 Å². The first-order valence-electron chi connectivity index (χ1n) is 9.09. The monoisotopic (exact) mass is 423 g/mol. The molecule has 3 rings (SSSR count). The van der Waals surface area contributed by atoms with Gasteiger partial charge < -0.3 is 9.64 Å². The highest BCUT2D eigenvalue weighted by Gasteiger charge is 2.32. The summed E-state index contributed by atoms with van der Waals surface area (Å²) in [6.07, 6.45) is 0. The molecule has 2 aromatic carbocycles. The Morgan fingerprint density at radius 2 is 1.86 bits per heavy atom. The van der Waals surface area contributed by atoms with Crippen LogP contribution in [0.2, 0.25) is 5.02 Å². The van der Waals surface area contributed by atoms with E-state index in [-0.39, 0.29) is 15.7 Å². The molecule has 0 aliphatic carbocycles. The number of hydrogen-bond acceptors (Lipinski definition) is 4. The fraction of sp³-hybridized carbons (Fsp3) is 0.350. The second-order valence-electron chi connectivity index (χ2n) is 6.84. The highest BCUT2D eigenvalue weighted by Crippen LogP contribution is 2.24. The highest BCUT2D eigenvalue weighted by molar-refractivity contribution is 7.89. The third kappa shape index (κ3) is 4.38. The summed E-state index contributed by atoms with van der Waals surface area (Å²) in [5, 5.41) is 0.239. The van der Waals surface area contributed by atoms with Gasteiger partial charge in [-0.1, -0.05) is 23.7 Å². The average molecular weight is 424 g/mol. The lowest BCUT2D eigenvalue weighted by Gasteiger charge is -2.32. The maximum atomic E-state index is 12.9. The first-order valence-corrected chi connectivity index (χ1v) is 10.9.